The minimum Gasteiger partial charge on any atom is -0.317 e. The maximum absolute atomic E-state index is 3.11. The normalized spacial score (nSPS) is 13.6. The van der Waals surface area contributed by atoms with Crippen LogP contribution < -0.4 is 5.32 Å². The highest BCUT2D eigenvalue weighted by molar-refractivity contribution is 4.77. The zero-order valence-electron chi connectivity index (χ0n) is 24.4. The molecule has 0 bridgehead atoms. The molecule has 0 saturated heterocycles. The molecule has 3 heteroatoms. The van der Waals surface area contributed by atoms with E-state index in [9.17, 15) is 0 Å². The molecule has 0 aromatic carbocycles. The second-order valence-corrected chi connectivity index (χ2v) is 9.13. The van der Waals surface area contributed by atoms with Crippen molar-refractivity contribution in [1.29, 1.82) is 0 Å². The van der Waals surface area contributed by atoms with E-state index in [1.54, 1.807) is 0 Å². The third-order valence-electron chi connectivity index (χ3n) is 4.57. The molecule has 0 spiro atoms. The quantitative estimate of drug-likeness (QED) is 0.387. The zero-order valence-corrected chi connectivity index (χ0v) is 24.4. The maximum atomic E-state index is 3.11. The molecule has 31 heavy (non-hydrogen) atoms. The van der Waals surface area contributed by atoms with Gasteiger partial charge < -0.3 is 15.1 Å². The van der Waals surface area contributed by atoms with Gasteiger partial charge in [-0.2, -0.15) is 0 Å². The topological polar surface area (TPSA) is 18.5 Å². The van der Waals surface area contributed by atoms with Gasteiger partial charge in [-0.15, -0.1) is 0 Å². The van der Waals surface area contributed by atoms with Gasteiger partial charge in [0.15, 0.2) is 0 Å². The van der Waals surface area contributed by atoms with E-state index in [0.717, 1.165) is 25.0 Å². The van der Waals surface area contributed by atoms with Crippen molar-refractivity contribution in [2.75, 3.05) is 47.3 Å². The molecular weight excluding hydrogens is 378 g/mol. The SMILES string of the molecule is C1CC1.CC.CC(C)CCN(C)C.CCC.CCCCN(C)C1CCC1.CCNCC. The van der Waals surface area contributed by atoms with E-state index in [1.165, 1.54) is 77.3 Å². The smallest absolute Gasteiger partial charge is 0.00922 e. The summed E-state index contributed by atoms with van der Waals surface area (Å²) in [6, 6.07) is 0.937. The molecule has 3 nitrogen and oxygen atoms in total. The van der Waals surface area contributed by atoms with Gasteiger partial charge in [0, 0.05) is 6.04 Å². The average Bonchev–Trinajstić information content (AvgIpc) is 3.57. The lowest BCUT2D eigenvalue weighted by atomic mass is 9.92. The van der Waals surface area contributed by atoms with Crippen molar-refractivity contribution in [2.45, 2.75) is 133 Å². The van der Waals surface area contributed by atoms with Gasteiger partial charge in [-0.3, -0.25) is 0 Å². The summed E-state index contributed by atoms with van der Waals surface area (Å²) < 4.78 is 0. The molecule has 2 saturated carbocycles. The Kier molecular flexibility index (Phi) is 42.5. The Morgan fingerprint density at radius 2 is 1.23 bits per heavy atom. The van der Waals surface area contributed by atoms with E-state index in [-0.39, 0.29) is 0 Å². The van der Waals surface area contributed by atoms with Gasteiger partial charge in [0.2, 0.25) is 0 Å². The van der Waals surface area contributed by atoms with Crippen molar-refractivity contribution in [3.05, 3.63) is 0 Å². The van der Waals surface area contributed by atoms with E-state index < -0.39 is 0 Å². The predicted octanol–water partition coefficient (Wildman–Crippen LogP) is 8.09. The van der Waals surface area contributed by atoms with Crippen molar-refractivity contribution in [2.24, 2.45) is 5.92 Å². The minimum atomic E-state index is 0.845. The standard InChI is InChI=1S/C9H19N.C7H17N.C4H11N.C3H6.C3H8.C2H6/c1-3-4-8-10(2)9-6-5-7-9;1-7(2)5-6-8(3)4;1-3-5-4-2;1-2-3-1;1-3-2;1-2/h9H,3-8H2,1-2H3;7H,5-6H2,1-4H3;5H,3-4H2,1-2H3;1-3H2;3H2,1-2H3;1-2H3. The van der Waals surface area contributed by atoms with Crippen molar-refractivity contribution >= 4 is 0 Å². The van der Waals surface area contributed by atoms with Gasteiger partial charge in [-0.1, -0.05) is 101 Å². The lowest BCUT2D eigenvalue weighted by Gasteiger charge is -2.34. The molecule has 0 radical (unpaired) electrons. The Bertz CT molecular complexity index is 248. The number of hydrogen-bond acceptors (Lipinski definition) is 3. The van der Waals surface area contributed by atoms with Gasteiger partial charge in [0.25, 0.3) is 0 Å². The summed E-state index contributed by atoms with van der Waals surface area (Å²) in [5.41, 5.74) is 0. The Morgan fingerprint density at radius 1 is 0.774 bits per heavy atom. The van der Waals surface area contributed by atoms with Crippen molar-refractivity contribution in [3.63, 3.8) is 0 Å². The zero-order chi connectivity index (χ0) is 24.9. The molecule has 2 aliphatic rings. The van der Waals surface area contributed by atoms with Crippen LogP contribution in [0.1, 0.15) is 127 Å². The number of unbranched alkanes of at least 4 members (excludes halogenated alkanes) is 1. The number of nitrogens with zero attached hydrogens (tertiary/aromatic N) is 2. The molecule has 0 amide bonds. The van der Waals surface area contributed by atoms with Gasteiger partial charge in [0.05, 0.1) is 0 Å². The largest absolute Gasteiger partial charge is 0.317 e. The first-order valence-electron chi connectivity index (χ1n) is 13.9. The first-order chi connectivity index (χ1) is 14.8. The summed E-state index contributed by atoms with van der Waals surface area (Å²) in [6.07, 6.45) is 14.1. The van der Waals surface area contributed by atoms with E-state index >= 15 is 0 Å². The third kappa shape index (κ3) is 48.5. The highest BCUT2D eigenvalue weighted by Gasteiger charge is 2.20. The minimum absolute atomic E-state index is 0.845. The fraction of sp³-hybridized carbons (Fsp3) is 1.00. The van der Waals surface area contributed by atoms with Gasteiger partial charge >= 0.3 is 0 Å². The van der Waals surface area contributed by atoms with Gasteiger partial charge in [-0.05, 0) is 78.9 Å². The Hall–Kier alpha value is -0.120. The van der Waals surface area contributed by atoms with Crippen LogP contribution in [0.2, 0.25) is 0 Å². The van der Waals surface area contributed by atoms with Gasteiger partial charge in [-0.25, -0.2) is 0 Å². The maximum Gasteiger partial charge on any atom is 0.00922 e. The van der Waals surface area contributed by atoms with E-state index in [4.69, 9.17) is 0 Å². The number of nitrogens with one attached hydrogen (secondary N) is 1. The van der Waals surface area contributed by atoms with E-state index in [0.29, 0.717) is 0 Å². The van der Waals surface area contributed by atoms with Crippen molar-refractivity contribution in [3.8, 4) is 0 Å². The number of hydrogen-bond donors (Lipinski definition) is 1. The summed E-state index contributed by atoms with van der Waals surface area (Å²) in [7, 11) is 6.49. The fourth-order valence-electron chi connectivity index (χ4n) is 2.18. The van der Waals surface area contributed by atoms with Crippen molar-refractivity contribution < 1.29 is 0 Å². The second-order valence-electron chi connectivity index (χ2n) is 9.13. The Morgan fingerprint density at radius 3 is 1.39 bits per heavy atom. The van der Waals surface area contributed by atoms with Crippen LogP contribution in [-0.2, 0) is 0 Å². The third-order valence-corrected chi connectivity index (χ3v) is 4.57. The molecule has 0 heterocycles. The Balaban J connectivity index is -0.000000155. The van der Waals surface area contributed by atoms with E-state index in [2.05, 4.69) is 84.7 Å². The molecule has 0 aromatic heterocycles. The van der Waals surface area contributed by atoms with Crippen molar-refractivity contribution in [1.82, 2.24) is 15.1 Å². The predicted molar refractivity (Wildman–Crippen MR) is 149 cm³/mol. The lowest BCUT2D eigenvalue weighted by molar-refractivity contribution is 0.158. The molecule has 2 aliphatic carbocycles. The molecule has 2 rings (SSSR count). The molecule has 0 unspecified atom stereocenters. The second kappa shape index (κ2) is 34.5. The van der Waals surface area contributed by atoms with Crippen LogP contribution >= 0.6 is 0 Å². The lowest BCUT2D eigenvalue weighted by Crippen LogP contribution is -2.37. The summed E-state index contributed by atoms with van der Waals surface area (Å²) >= 11 is 0. The molecule has 2 fully saturated rings. The van der Waals surface area contributed by atoms with Crippen LogP contribution in [-0.4, -0.2) is 63.2 Å². The van der Waals surface area contributed by atoms with Crippen LogP contribution in [0.15, 0.2) is 0 Å². The summed E-state index contributed by atoms with van der Waals surface area (Å²) in [6.45, 7) is 23.9. The monoisotopic (exact) mass is 446 g/mol. The fourth-order valence-corrected chi connectivity index (χ4v) is 2.18. The molecular formula is C28H67N3. The first-order valence-corrected chi connectivity index (χ1v) is 13.9. The van der Waals surface area contributed by atoms with Crippen LogP contribution in [0.3, 0.4) is 0 Å². The summed E-state index contributed by atoms with van der Waals surface area (Å²) in [5.74, 6) is 0.845. The summed E-state index contributed by atoms with van der Waals surface area (Å²) in [4.78, 5) is 4.74. The number of rotatable bonds is 9. The molecule has 194 valence electrons. The molecule has 0 aromatic rings. The molecule has 0 atom stereocenters. The summed E-state index contributed by atoms with van der Waals surface area (Å²) in [5, 5.41) is 3.11. The highest BCUT2D eigenvalue weighted by Crippen LogP contribution is 2.23. The first kappa shape index (κ1) is 38.2. The van der Waals surface area contributed by atoms with Crippen LogP contribution in [0.4, 0.5) is 0 Å². The van der Waals surface area contributed by atoms with Crippen LogP contribution in [0.25, 0.3) is 0 Å². The molecule has 1 N–H and O–H groups in total. The highest BCUT2D eigenvalue weighted by atomic mass is 15.1. The van der Waals surface area contributed by atoms with Gasteiger partial charge in [0.1, 0.15) is 0 Å². The molecule has 0 aliphatic heterocycles. The average molecular weight is 446 g/mol. The van der Waals surface area contributed by atoms with E-state index in [1.807, 2.05) is 13.8 Å². The Labute approximate surface area is 201 Å². The van der Waals surface area contributed by atoms with Crippen LogP contribution in [0, 0.1) is 5.92 Å². The van der Waals surface area contributed by atoms with Crippen LogP contribution in [0.5, 0.6) is 0 Å².